The third kappa shape index (κ3) is 4.38. The van der Waals surface area contributed by atoms with E-state index in [1.807, 2.05) is 6.07 Å². The van der Waals surface area contributed by atoms with Crippen LogP contribution in [0.3, 0.4) is 0 Å². The average Bonchev–Trinajstić information content (AvgIpc) is 3.33. The van der Waals surface area contributed by atoms with Gasteiger partial charge in [0, 0.05) is 5.56 Å². The summed E-state index contributed by atoms with van der Waals surface area (Å²) in [5, 5.41) is 22.3. The lowest BCUT2D eigenvalue weighted by molar-refractivity contribution is 0.0111. The summed E-state index contributed by atoms with van der Waals surface area (Å²) in [6.07, 6.45) is 0.807. The SMILES string of the molecule is COc1ccc(-c2nnn(CC(O)COCc3ccco3)n2)cc1OC. The molecule has 1 unspecified atom stereocenters. The molecule has 9 heteroatoms. The van der Waals surface area contributed by atoms with Crippen LogP contribution in [0.2, 0.25) is 0 Å². The van der Waals surface area contributed by atoms with Crippen molar-refractivity contribution < 1.29 is 23.7 Å². The van der Waals surface area contributed by atoms with Gasteiger partial charge in [-0.3, -0.25) is 0 Å². The Morgan fingerprint density at radius 3 is 2.77 bits per heavy atom. The minimum absolute atomic E-state index is 0.133. The highest BCUT2D eigenvalue weighted by Gasteiger charge is 2.13. The minimum Gasteiger partial charge on any atom is -0.493 e. The summed E-state index contributed by atoms with van der Waals surface area (Å²) >= 11 is 0. The lowest BCUT2D eigenvalue weighted by atomic mass is 10.2. The number of rotatable bonds is 9. The molecule has 1 aromatic carbocycles. The molecular weight excluding hydrogens is 340 g/mol. The second-order valence-corrected chi connectivity index (χ2v) is 5.49. The van der Waals surface area contributed by atoms with Gasteiger partial charge in [0.2, 0.25) is 5.82 Å². The van der Waals surface area contributed by atoms with E-state index in [2.05, 4.69) is 15.4 Å². The molecule has 3 aromatic rings. The van der Waals surface area contributed by atoms with Gasteiger partial charge in [0.1, 0.15) is 12.4 Å². The Hall–Kier alpha value is -2.91. The number of nitrogens with zero attached hydrogens (tertiary/aromatic N) is 4. The number of tetrazole rings is 1. The Labute approximate surface area is 150 Å². The maximum atomic E-state index is 10.0. The molecule has 3 rings (SSSR count). The van der Waals surface area contributed by atoms with E-state index < -0.39 is 6.10 Å². The molecule has 2 heterocycles. The van der Waals surface area contributed by atoms with Crippen molar-refractivity contribution in [2.45, 2.75) is 19.3 Å². The van der Waals surface area contributed by atoms with Crippen molar-refractivity contribution in [3.05, 3.63) is 42.4 Å². The first-order chi connectivity index (χ1) is 12.7. The van der Waals surface area contributed by atoms with Crippen LogP contribution in [0.1, 0.15) is 5.76 Å². The number of aromatic nitrogens is 4. The zero-order valence-corrected chi connectivity index (χ0v) is 14.5. The molecule has 0 fully saturated rings. The molecule has 0 aliphatic rings. The summed E-state index contributed by atoms with van der Waals surface area (Å²) < 4.78 is 21.0. The van der Waals surface area contributed by atoms with Gasteiger partial charge in [-0.15, -0.1) is 10.2 Å². The van der Waals surface area contributed by atoms with E-state index in [0.717, 1.165) is 5.56 Å². The Kier molecular flexibility index (Phi) is 5.82. The molecule has 2 aromatic heterocycles. The molecule has 0 aliphatic carbocycles. The first kappa shape index (κ1) is 17.9. The Morgan fingerprint density at radius 2 is 2.04 bits per heavy atom. The van der Waals surface area contributed by atoms with Gasteiger partial charge in [0.25, 0.3) is 0 Å². The van der Waals surface area contributed by atoms with E-state index in [-0.39, 0.29) is 13.2 Å². The van der Waals surface area contributed by atoms with E-state index in [9.17, 15) is 5.11 Å². The van der Waals surface area contributed by atoms with Crippen LogP contribution in [0.4, 0.5) is 0 Å². The van der Waals surface area contributed by atoms with Crippen LogP contribution in [-0.4, -0.2) is 52.2 Å². The van der Waals surface area contributed by atoms with Crippen LogP contribution in [0, 0.1) is 0 Å². The molecule has 0 spiro atoms. The second kappa shape index (κ2) is 8.45. The summed E-state index contributed by atoms with van der Waals surface area (Å²) in [5.41, 5.74) is 0.734. The molecule has 1 N–H and O–H groups in total. The van der Waals surface area contributed by atoms with E-state index in [4.69, 9.17) is 18.6 Å². The van der Waals surface area contributed by atoms with Crippen molar-refractivity contribution in [3.8, 4) is 22.9 Å². The largest absolute Gasteiger partial charge is 0.493 e. The molecule has 0 bridgehead atoms. The number of hydrogen-bond acceptors (Lipinski definition) is 8. The van der Waals surface area contributed by atoms with Crippen LogP contribution in [-0.2, 0) is 17.9 Å². The monoisotopic (exact) mass is 360 g/mol. The van der Waals surface area contributed by atoms with E-state index in [1.165, 1.54) is 4.80 Å². The molecule has 0 saturated heterocycles. The normalized spacial score (nSPS) is 12.1. The van der Waals surface area contributed by atoms with Crippen molar-refractivity contribution >= 4 is 0 Å². The molecule has 0 radical (unpaired) electrons. The van der Waals surface area contributed by atoms with Gasteiger partial charge in [-0.2, -0.15) is 4.80 Å². The van der Waals surface area contributed by atoms with Crippen molar-refractivity contribution in [1.29, 1.82) is 0 Å². The zero-order chi connectivity index (χ0) is 18.4. The van der Waals surface area contributed by atoms with Gasteiger partial charge in [-0.25, -0.2) is 0 Å². The maximum absolute atomic E-state index is 10.0. The number of methoxy groups -OCH3 is 2. The fraction of sp³-hybridized carbons (Fsp3) is 0.353. The summed E-state index contributed by atoms with van der Waals surface area (Å²) in [6.45, 7) is 0.595. The zero-order valence-electron chi connectivity index (χ0n) is 14.5. The standard InChI is InChI=1S/C17H20N4O5/c1-23-15-6-5-12(8-16(15)24-2)17-18-20-21(19-17)9-13(22)10-25-11-14-4-3-7-26-14/h3-8,13,22H,9-11H2,1-2H3. The summed E-state index contributed by atoms with van der Waals surface area (Å²) in [6, 6.07) is 8.94. The van der Waals surface area contributed by atoms with Gasteiger partial charge in [-0.05, 0) is 35.5 Å². The lowest BCUT2D eigenvalue weighted by Crippen LogP contribution is -2.23. The molecule has 0 saturated carbocycles. The van der Waals surface area contributed by atoms with Crippen molar-refractivity contribution in [1.82, 2.24) is 20.2 Å². The first-order valence-electron chi connectivity index (χ1n) is 7.98. The third-order valence-corrected chi connectivity index (χ3v) is 3.60. The third-order valence-electron chi connectivity index (χ3n) is 3.60. The van der Waals surface area contributed by atoms with Crippen LogP contribution in [0.25, 0.3) is 11.4 Å². The van der Waals surface area contributed by atoms with E-state index in [1.54, 1.807) is 44.7 Å². The van der Waals surface area contributed by atoms with E-state index >= 15 is 0 Å². The predicted octanol–water partition coefficient (Wildman–Crippen LogP) is 1.53. The van der Waals surface area contributed by atoms with Gasteiger partial charge < -0.3 is 23.7 Å². The Bertz CT molecular complexity index is 818. The fourth-order valence-electron chi connectivity index (χ4n) is 2.34. The smallest absolute Gasteiger partial charge is 0.205 e. The summed E-state index contributed by atoms with van der Waals surface area (Å²) in [7, 11) is 3.13. The first-order valence-corrected chi connectivity index (χ1v) is 7.98. The highest BCUT2D eigenvalue weighted by atomic mass is 16.5. The summed E-state index contributed by atoms with van der Waals surface area (Å²) in [5.74, 6) is 2.32. The van der Waals surface area contributed by atoms with Crippen molar-refractivity contribution in [3.63, 3.8) is 0 Å². The highest BCUT2D eigenvalue weighted by molar-refractivity contribution is 5.60. The maximum Gasteiger partial charge on any atom is 0.205 e. The van der Waals surface area contributed by atoms with Crippen LogP contribution < -0.4 is 9.47 Å². The van der Waals surface area contributed by atoms with Gasteiger partial charge in [0.05, 0.1) is 39.7 Å². The molecular formula is C17H20N4O5. The van der Waals surface area contributed by atoms with Gasteiger partial charge in [0.15, 0.2) is 11.5 Å². The molecule has 0 amide bonds. The Morgan fingerprint density at radius 1 is 1.19 bits per heavy atom. The molecule has 9 nitrogen and oxygen atoms in total. The van der Waals surface area contributed by atoms with E-state index in [0.29, 0.717) is 29.7 Å². The minimum atomic E-state index is -0.766. The molecule has 138 valence electrons. The van der Waals surface area contributed by atoms with Crippen molar-refractivity contribution in [2.24, 2.45) is 0 Å². The number of ether oxygens (including phenoxy) is 3. The number of aliphatic hydroxyl groups is 1. The number of hydrogen-bond donors (Lipinski definition) is 1. The fourth-order valence-corrected chi connectivity index (χ4v) is 2.34. The number of benzene rings is 1. The van der Waals surface area contributed by atoms with Crippen LogP contribution in [0.15, 0.2) is 41.0 Å². The quantitative estimate of drug-likeness (QED) is 0.612. The number of furan rings is 1. The molecule has 1 atom stereocenters. The second-order valence-electron chi connectivity index (χ2n) is 5.49. The topological polar surface area (TPSA) is 105 Å². The van der Waals surface area contributed by atoms with Gasteiger partial charge >= 0.3 is 0 Å². The molecule has 0 aliphatic heterocycles. The van der Waals surface area contributed by atoms with Crippen LogP contribution >= 0.6 is 0 Å². The van der Waals surface area contributed by atoms with Crippen LogP contribution in [0.5, 0.6) is 11.5 Å². The molecule has 26 heavy (non-hydrogen) atoms. The summed E-state index contributed by atoms with van der Waals surface area (Å²) in [4.78, 5) is 1.33. The van der Waals surface area contributed by atoms with Crippen molar-refractivity contribution in [2.75, 3.05) is 20.8 Å². The predicted molar refractivity (Wildman–Crippen MR) is 90.7 cm³/mol. The number of aliphatic hydroxyl groups excluding tert-OH is 1. The Balaban J connectivity index is 1.57. The van der Waals surface area contributed by atoms with Gasteiger partial charge in [-0.1, -0.05) is 0 Å². The average molecular weight is 360 g/mol. The highest BCUT2D eigenvalue weighted by Crippen LogP contribution is 2.30. The lowest BCUT2D eigenvalue weighted by Gasteiger charge is -2.09.